The molecule has 1 aliphatic carbocycles. The van der Waals surface area contributed by atoms with E-state index >= 15 is 0 Å². The Bertz CT molecular complexity index is 387. The zero-order valence-electron chi connectivity index (χ0n) is 11.4. The van der Waals surface area contributed by atoms with Crippen LogP contribution in [0.3, 0.4) is 0 Å². The molecular formula is C13H25NO3S. The van der Waals surface area contributed by atoms with Crippen LogP contribution >= 0.6 is 0 Å². The van der Waals surface area contributed by atoms with Gasteiger partial charge in [-0.05, 0) is 44.4 Å². The minimum atomic E-state index is -3.07. The Morgan fingerprint density at radius 2 is 1.83 bits per heavy atom. The van der Waals surface area contributed by atoms with Crippen molar-refractivity contribution in [3.63, 3.8) is 0 Å². The topological polar surface area (TPSA) is 57.6 Å². The molecule has 2 rings (SSSR count). The van der Waals surface area contributed by atoms with Gasteiger partial charge in [-0.3, -0.25) is 0 Å². The summed E-state index contributed by atoms with van der Waals surface area (Å²) in [6, 6.07) is 0. The molecule has 18 heavy (non-hydrogen) atoms. The molecule has 2 unspecified atom stereocenters. The van der Waals surface area contributed by atoms with Crippen molar-refractivity contribution in [2.75, 3.05) is 19.3 Å². The van der Waals surface area contributed by atoms with Crippen molar-refractivity contribution in [1.82, 2.24) is 4.31 Å². The Morgan fingerprint density at radius 1 is 1.22 bits per heavy atom. The number of sulfonamides is 1. The minimum Gasteiger partial charge on any atom is -0.390 e. The Kier molecular flexibility index (Phi) is 4.04. The molecule has 4 nitrogen and oxygen atoms in total. The number of hydrogen-bond donors (Lipinski definition) is 1. The largest absolute Gasteiger partial charge is 0.390 e. The Hall–Kier alpha value is -0.130. The van der Waals surface area contributed by atoms with Crippen molar-refractivity contribution in [3.8, 4) is 0 Å². The van der Waals surface area contributed by atoms with Gasteiger partial charge < -0.3 is 5.11 Å². The second-order valence-electron chi connectivity index (χ2n) is 6.48. The molecule has 2 atom stereocenters. The van der Waals surface area contributed by atoms with Crippen molar-refractivity contribution >= 4 is 10.0 Å². The highest BCUT2D eigenvalue weighted by Crippen LogP contribution is 2.39. The molecule has 1 saturated carbocycles. The van der Waals surface area contributed by atoms with Gasteiger partial charge in [-0.2, -0.15) is 0 Å². The summed E-state index contributed by atoms with van der Waals surface area (Å²) in [7, 11) is -3.07. The van der Waals surface area contributed by atoms with E-state index in [2.05, 4.69) is 0 Å². The van der Waals surface area contributed by atoms with Crippen LogP contribution in [0.5, 0.6) is 0 Å². The van der Waals surface area contributed by atoms with Gasteiger partial charge >= 0.3 is 0 Å². The fourth-order valence-electron chi connectivity index (χ4n) is 3.14. The van der Waals surface area contributed by atoms with Crippen LogP contribution in [0.4, 0.5) is 0 Å². The van der Waals surface area contributed by atoms with E-state index in [-0.39, 0.29) is 0 Å². The van der Waals surface area contributed by atoms with Crippen LogP contribution in [0, 0.1) is 11.8 Å². The van der Waals surface area contributed by atoms with Gasteiger partial charge in [0, 0.05) is 13.1 Å². The summed E-state index contributed by atoms with van der Waals surface area (Å²) in [6.07, 6.45) is 7.33. The van der Waals surface area contributed by atoms with Crippen molar-refractivity contribution in [1.29, 1.82) is 0 Å². The first-order chi connectivity index (χ1) is 8.26. The molecular weight excluding hydrogens is 250 g/mol. The van der Waals surface area contributed by atoms with Crippen molar-refractivity contribution < 1.29 is 13.5 Å². The first-order valence-corrected chi connectivity index (χ1v) is 8.79. The Labute approximate surface area is 110 Å². The van der Waals surface area contributed by atoms with Crippen molar-refractivity contribution in [3.05, 3.63) is 0 Å². The minimum absolute atomic E-state index is 0.308. The van der Waals surface area contributed by atoms with E-state index in [0.29, 0.717) is 24.9 Å². The van der Waals surface area contributed by atoms with E-state index in [1.165, 1.54) is 19.1 Å². The molecule has 0 spiro atoms. The summed E-state index contributed by atoms with van der Waals surface area (Å²) in [4.78, 5) is 0. The second kappa shape index (κ2) is 5.10. The van der Waals surface area contributed by atoms with E-state index in [1.54, 1.807) is 4.31 Å². The van der Waals surface area contributed by atoms with E-state index in [0.717, 1.165) is 25.7 Å². The molecule has 2 fully saturated rings. The van der Waals surface area contributed by atoms with Gasteiger partial charge in [-0.25, -0.2) is 12.7 Å². The van der Waals surface area contributed by atoms with E-state index in [1.807, 2.05) is 6.92 Å². The van der Waals surface area contributed by atoms with Gasteiger partial charge in [0.1, 0.15) is 0 Å². The molecule has 0 aromatic heterocycles. The van der Waals surface area contributed by atoms with Gasteiger partial charge in [-0.1, -0.05) is 12.8 Å². The SMILES string of the molecule is CC(O)(CC1CC1)CC1CCCN(S(C)(=O)=O)C1. The predicted molar refractivity (Wildman–Crippen MR) is 71.7 cm³/mol. The van der Waals surface area contributed by atoms with E-state index < -0.39 is 15.6 Å². The Morgan fingerprint density at radius 3 is 2.39 bits per heavy atom. The predicted octanol–water partition coefficient (Wildman–Crippen LogP) is 1.60. The highest BCUT2D eigenvalue weighted by atomic mass is 32.2. The molecule has 1 aliphatic heterocycles. The van der Waals surface area contributed by atoms with Gasteiger partial charge in [0.15, 0.2) is 0 Å². The summed E-state index contributed by atoms with van der Waals surface area (Å²) in [5, 5.41) is 10.4. The molecule has 0 aromatic carbocycles. The van der Waals surface area contributed by atoms with Gasteiger partial charge in [0.25, 0.3) is 0 Å². The van der Waals surface area contributed by atoms with Crippen LogP contribution in [0.1, 0.15) is 45.4 Å². The van der Waals surface area contributed by atoms with Crippen LogP contribution in [0.15, 0.2) is 0 Å². The summed E-state index contributed by atoms with van der Waals surface area (Å²) in [5.41, 5.74) is -0.619. The molecule has 1 saturated heterocycles. The smallest absolute Gasteiger partial charge is 0.211 e. The lowest BCUT2D eigenvalue weighted by Crippen LogP contribution is -2.42. The molecule has 5 heteroatoms. The zero-order chi connectivity index (χ0) is 13.4. The normalized spacial score (nSPS) is 30.1. The van der Waals surface area contributed by atoms with Crippen molar-refractivity contribution in [2.24, 2.45) is 11.8 Å². The van der Waals surface area contributed by atoms with Gasteiger partial charge in [0.2, 0.25) is 10.0 Å². The third-order valence-corrected chi connectivity index (χ3v) is 5.37. The average Bonchev–Trinajstić information content (AvgIpc) is 2.99. The standard InChI is InChI=1S/C13H25NO3S/c1-13(15,8-11-5-6-11)9-12-4-3-7-14(10-12)18(2,16)17/h11-12,15H,3-10H2,1-2H3. The molecule has 106 valence electrons. The number of rotatable bonds is 5. The molecule has 0 amide bonds. The lowest BCUT2D eigenvalue weighted by Gasteiger charge is -2.35. The quantitative estimate of drug-likeness (QED) is 0.829. The summed E-state index contributed by atoms with van der Waals surface area (Å²) >= 11 is 0. The maximum atomic E-state index is 11.5. The van der Waals surface area contributed by atoms with Crippen LogP contribution < -0.4 is 0 Å². The van der Waals surface area contributed by atoms with Crippen molar-refractivity contribution in [2.45, 2.75) is 51.0 Å². The third kappa shape index (κ3) is 4.21. The van der Waals surface area contributed by atoms with Crippen LogP contribution in [-0.4, -0.2) is 42.8 Å². The highest BCUT2D eigenvalue weighted by molar-refractivity contribution is 7.88. The average molecular weight is 275 g/mol. The highest BCUT2D eigenvalue weighted by Gasteiger charge is 2.35. The van der Waals surface area contributed by atoms with Crippen LogP contribution in [0.2, 0.25) is 0 Å². The Balaban J connectivity index is 1.88. The summed E-state index contributed by atoms with van der Waals surface area (Å²) < 4.78 is 24.7. The number of nitrogens with zero attached hydrogens (tertiary/aromatic N) is 1. The molecule has 0 radical (unpaired) electrons. The molecule has 0 aromatic rings. The summed E-state index contributed by atoms with van der Waals surface area (Å²) in [6.45, 7) is 3.13. The third-order valence-electron chi connectivity index (χ3n) is 4.10. The molecule has 1 heterocycles. The van der Waals surface area contributed by atoms with E-state index in [9.17, 15) is 13.5 Å². The maximum absolute atomic E-state index is 11.5. The fourth-order valence-corrected chi connectivity index (χ4v) is 4.09. The van der Waals surface area contributed by atoms with E-state index in [4.69, 9.17) is 0 Å². The first kappa shape index (κ1) is 14.3. The first-order valence-electron chi connectivity index (χ1n) is 6.94. The van der Waals surface area contributed by atoms with Crippen LogP contribution in [-0.2, 0) is 10.0 Å². The lowest BCUT2D eigenvalue weighted by molar-refractivity contribution is 0.0124. The number of aliphatic hydroxyl groups is 1. The zero-order valence-corrected chi connectivity index (χ0v) is 12.2. The van der Waals surface area contributed by atoms with Gasteiger partial charge in [0.05, 0.1) is 11.9 Å². The van der Waals surface area contributed by atoms with Gasteiger partial charge in [-0.15, -0.1) is 0 Å². The fraction of sp³-hybridized carbons (Fsp3) is 1.00. The summed E-state index contributed by atoms with van der Waals surface area (Å²) in [5.74, 6) is 1.01. The second-order valence-corrected chi connectivity index (χ2v) is 8.46. The number of hydrogen-bond acceptors (Lipinski definition) is 3. The van der Waals surface area contributed by atoms with Crippen LogP contribution in [0.25, 0.3) is 0 Å². The lowest BCUT2D eigenvalue weighted by atomic mass is 9.84. The molecule has 0 bridgehead atoms. The number of piperidine rings is 1. The monoisotopic (exact) mass is 275 g/mol. The molecule has 1 N–H and O–H groups in total. The maximum Gasteiger partial charge on any atom is 0.211 e. The molecule has 2 aliphatic rings.